The summed E-state index contributed by atoms with van der Waals surface area (Å²) < 4.78 is 57.9. The predicted molar refractivity (Wildman–Crippen MR) is 155 cm³/mol. The van der Waals surface area contributed by atoms with Crippen LogP contribution in [0.3, 0.4) is 0 Å². The maximum absolute atomic E-state index is 16.0. The number of benzene rings is 3. The Morgan fingerprint density at radius 2 is 1.82 bits per heavy atom. The number of amides is 3. The summed E-state index contributed by atoms with van der Waals surface area (Å²) in [6, 6.07) is 11.6. The number of primary amides is 1. The molecule has 1 aliphatic carbocycles. The highest BCUT2D eigenvalue weighted by Gasteiger charge is 2.71. The van der Waals surface area contributed by atoms with Crippen molar-refractivity contribution >= 4 is 52.3 Å². The SMILES string of the molecule is NC(=O)c1ccc(N2C[C@H]3[C@@H](C2=O)[C@H](c2cccc(Cl)c2F)[C@]2(C(=O)Nc4cc(Cl)ccc42)N3CC2CC2)cc1C(F)(F)F. The molecule has 7 nitrogen and oxygen atoms in total. The number of nitrogens with zero attached hydrogens (tertiary/aromatic N) is 2. The molecule has 3 aromatic carbocycles. The first-order chi connectivity index (χ1) is 20.8. The van der Waals surface area contributed by atoms with Crippen LogP contribution in [0.4, 0.5) is 28.9 Å². The first-order valence-corrected chi connectivity index (χ1v) is 14.7. The largest absolute Gasteiger partial charge is 0.417 e. The van der Waals surface area contributed by atoms with Crippen molar-refractivity contribution in [3.63, 3.8) is 0 Å². The van der Waals surface area contributed by atoms with E-state index in [9.17, 15) is 27.6 Å². The lowest BCUT2D eigenvalue weighted by Crippen LogP contribution is -2.54. The summed E-state index contributed by atoms with van der Waals surface area (Å²) in [5, 5.41) is 3.09. The molecule has 1 saturated carbocycles. The van der Waals surface area contributed by atoms with Crippen LogP contribution in [0.2, 0.25) is 10.0 Å². The number of halogens is 6. The van der Waals surface area contributed by atoms with E-state index in [1.165, 1.54) is 29.2 Å². The fraction of sp³-hybridized carbons (Fsp3) is 0.323. The quantitative estimate of drug-likeness (QED) is 0.336. The summed E-state index contributed by atoms with van der Waals surface area (Å²) in [6.07, 6.45) is -3.12. The lowest BCUT2D eigenvalue weighted by Gasteiger charge is -2.41. The van der Waals surface area contributed by atoms with Crippen LogP contribution in [0.5, 0.6) is 0 Å². The highest BCUT2D eigenvalue weighted by molar-refractivity contribution is 6.31. The number of nitrogens with one attached hydrogen (secondary N) is 1. The molecule has 3 fully saturated rings. The van der Waals surface area contributed by atoms with Crippen LogP contribution in [-0.2, 0) is 21.3 Å². The van der Waals surface area contributed by atoms with Gasteiger partial charge >= 0.3 is 6.18 Å². The van der Waals surface area contributed by atoms with Crippen LogP contribution in [-0.4, -0.2) is 41.8 Å². The molecule has 13 heteroatoms. The molecule has 228 valence electrons. The second-order valence-electron chi connectivity index (χ2n) is 11.8. The predicted octanol–water partition coefficient (Wildman–Crippen LogP) is 5.94. The van der Waals surface area contributed by atoms with Crippen LogP contribution in [0.25, 0.3) is 0 Å². The molecule has 3 amide bonds. The van der Waals surface area contributed by atoms with Crippen molar-refractivity contribution in [3.8, 4) is 0 Å². The molecule has 2 saturated heterocycles. The summed E-state index contributed by atoms with van der Waals surface area (Å²) >= 11 is 12.5. The van der Waals surface area contributed by atoms with E-state index in [2.05, 4.69) is 5.32 Å². The van der Waals surface area contributed by atoms with Crippen LogP contribution in [0.1, 0.15) is 45.8 Å². The van der Waals surface area contributed by atoms with Gasteiger partial charge in [0, 0.05) is 47.0 Å². The summed E-state index contributed by atoms with van der Waals surface area (Å²) in [7, 11) is 0. The Morgan fingerprint density at radius 3 is 2.50 bits per heavy atom. The Morgan fingerprint density at radius 1 is 1.07 bits per heavy atom. The molecule has 7 rings (SSSR count). The van der Waals surface area contributed by atoms with E-state index < -0.39 is 64.3 Å². The third-order valence-electron chi connectivity index (χ3n) is 9.34. The molecule has 0 bridgehead atoms. The molecular weight excluding hydrogens is 623 g/mol. The Kier molecular flexibility index (Phi) is 6.55. The van der Waals surface area contributed by atoms with Crippen LogP contribution in [0, 0.1) is 17.7 Å². The first kappa shape index (κ1) is 29.1. The van der Waals surface area contributed by atoms with Gasteiger partial charge in [0.15, 0.2) is 0 Å². The smallest absolute Gasteiger partial charge is 0.366 e. The molecule has 0 radical (unpaired) electrons. The zero-order valence-corrected chi connectivity index (χ0v) is 24.3. The maximum atomic E-state index is 16.0. The minimum atomic E-state index is -4.92. The van der Waals surface area contributed by atoms with Crippen LogP contribution in [0.15, 0.2) is 54.6 Å². The Balaban J connectivity index is 1.43. The van der Waals surface area contributed by atoms with Crippen molar-refractivity contribution in [2.45, 2.75) is 36.5 Å². The van der Waals surface area contributed by atoms with Gasteiger partial charge in [-0.25, -0.2) is 4.39 Å². The molecule has 4 aliphatic rings. The van der Waals surface area contributed by atoms with Gasteiger partial charge in [-0.3, -0.25) is 19.3 Å². The molecular formula is C31H24Cl2F4N4O3. The number of alkyl halides is 3. The van der Waals surface area contributed by atoms with E-state index in [0.29, 0.717) is 22.8 Å². The number of nitrogens with two attached hydrogens (primary N) is 1. The molecule has 0 aromatic heterocycles. The van der Waals surface area contributed by atoms with E-state index in [0.717, 1.165) is 25.0 Å². The molecule has 1 spiro atoms. The molecule has 3 aromatic rings. The lowest BCUT2D eigenvalue weighted by molar-refractivity contribution is -0.138. The maximum Gasteiger partial charge on any atom is 0.417 e. The van der Waals surface area contributed by atoms with E-state index in [1.807, 2.05) is 4.90 Å². The van der Waals surface area contributed by atoms with Crippen molar-refractivity contribution in [3.05, 3.63) is 92.7 Å². The minimum Gasteiger partial charge on any atom is -0.366 e. The number of hydrogen-bond donors (Lipinski definition) is 2. The third kappa shape index (κ3) is 4.16. The molecule has 3 heterocycles. The summed E-state index contributed by atoms with van der Waals surface area (Å²) in [4.78, 5) is 43.6. The molecule has 44 heavy (non-hydrogen) atoms. The third-order valence-corrected chi connectivity index (χ3v) is 9.87. The highest BCUT2D eigenvalue weighted by Crippen LogP contribution is 2.62. The Bertz CT molecular complexity index is 1760. The summed E-state index contributed by atoms with van der Waals surface area (Å²) in [5.41, 5.74) is 2.65. The van der Waals surface area contributed by atoms with E-state index in [1.54, 1.807) is 18.2 Å². The van der Waals surface area contributed by atoms with Crippen LogP contribution >= 0.6 is 23.2 Å². The molecule has 4 atom stereocenters. The lowest BCUT2D eigenvalue weighted by atomic mass is 9.71. The van der Waals surface area contributed by atoms with Gasteiger partial charge in [-0.05, 0) is 60.7 Å². The second kappa shape index (κ2) is 9.92. The van der Waals surface area contributed by atoms with Crippen LogP contribution < -0.4 is 16.0 Å². The average molecular weight is 647 g/mol. The van der Waals surface area contributed by atoms with Gasteiger partial charge in [-0.15, -0.1) is 0 Å². The normalized spacial score (nSPS) is 26.3. The van der Waals surface area contributed by atoms with Gasteiger partial charge < -0.3 is 16.0 Å². The van der Waals surface area contributed by atoms with Gasteiger partial charge in [-0.1, -0.05) is 41.4 Å². The molecule has 3 aliphatic heterocycles. The Labute approximate surface area is 258 Å². The van der Waals surface area contributed by atoms with Gasteiger partial charge in [0.05, 0.1) is 22.1 Å². The number of anilines is 2. The van der Waals surface area contributed by atoms with Crippen molar-refractivity contribution in [2.24, 2.45) is 17.6 Å². The second-order valence-corrected chi connectivity index (χ2v) is 12.6. The number of carbonyl (C=O) groups is 3. The molecule has 0 unspecified atom stereocenters. The van der Waals surface area contributed by atoms with Gasteiger partial charge in [-0.2, -0.15) is 13.2 Å². The fourth-order valence-corrected chi connectivity index (χ4v) is 7.75. The monoisotopic (exact) mass is 646 g/mol. The van der Waals surface area contributed by atoms with E-state index >= 15 is 4.39 Å². The summed E-state index contributed by atoms with van der Waals surface area (Å²) in [5.74, 6) is -4.96. The average Bonchev–Trinajstić information content (AvgIpc) is 3.58. The van der Waals surface area contributed by atoms with Crippen molar-refractivity contribution in [1.29, 1.82) is 0 Å². The number of hydrogen-bond acceptors (Lipinski definition) is 4. The standard InChI is InChI=1S/C31H24Cl2F4N4O3/c32-15-6-9-19-22(10-15)39-29(44)30(19)25(18-2-1-3-21(33)26(18)34)24-23(41(30)12-14-4-5-14)13-40(28(24)43)16-7-8-17(27(38)42)20(11-16)31(35,36)37/h1-3,6-11,14,23-25H,4-5,12-13H2,(H2,38,42)(H,39,44)/t23-,24+,25-,30+/m0/s1. The minimum absolute atomic E-state index is 0.0546. The highest BCUT2D eigenvalue weighted by atomic mass is 35.5. The Hall–Kier alpha value is -3.67. The van der Waals surface area contributed by atoms with Crippen molar-refractivity contribution < 1.29 is 31.9 Å². The fourth-order valence-electron chi connectivity index (χ4n) is 7.40. The topological polar surface area (TPSA) is 95.7 Å². The van der Waals surface area contributed by atoms with E-state index in [-0.39, 0.29) is 28.7 Å². The van der Waals surface area contributed by atoms with Gasteiger partial charge in [0.25, 0.3) is 0 Å². The van der Waals surface area contributed by atoms with Gasteiger partial charge in [0.1, 0.15) is 11.4 Å². The number of rotatable bonds is 5. The summed E-state index contributed by atoms with van der Waals surface area (Å²) in [6.45, 7) is 0.338. The van der Waals surface area contributed by atoms with Gasteiger partial charge in [0.2, 0.25) is 17.7 Å². The number of likely N-dealkylation sites (tertiary alicyclic amines) is 1. The number of carbonyl (C=O) groups excluding carboxylic acids is 3. The molecule has 3 N–H and O–H groups in total. The van der Waals surface area contributed by atoms with Crippen molar-refractivity contribution in [2.75, 3.05) is 23.3 Å². The van der Waals surface area contributed by atoms with E-state index in [4.69, 9.17) is 28.9 Å². The zero-order valence-electron chi connectivity index (χ0n) is 22.8. The number of fused-ring (bicyclic) bond motifs is 3. The first-order valence-electron chi connectivity index (χ1n) is 14.0. The zero-order chi connectivity index (χ0) is 31.3. The van der Waals surface area contributed by atoms with Crippen molar-refractivity contribution in [1.82, 2.24) is 4.90 Å².